The summed E-state index contributed by atoms with van der Waals surface area (Å²) in [6, 6.07) is 0. The fourth-order valence-electron chi connectivity index (χ4n) is 1.13. The van der Waals surface area contributed by atoms with Gasteiger partial charge < -0.3 is 4.74 Å². The van der Waals surface area contributed by atoms with Crippen LogP contribution in [-0.4, -0.2) is 0 Å². The number of rotatable bonds is 8. The number of ether oxygens (including phenoxy) is 1. The number of allylic oxidation sites excluding steroid dienone is 12. The maximum Gasteiger partial charge on any atom is 0.127 e. The van der Waals surface area contributed by atoms with E-state index in [9.17, 15) is 0 Å². The van der Waals surface area contributed by atoms with Gasteiger partial charge in [-0.2, -0.15) is 0 Å². The second kappa shape index (κ2) is 12.2. The molecule has 0 N–H and O–H groups in total. The molecule has 0 aromatic carbocycles. The molecule has 0 aromatic rings. The van der Waals surface area contributed by atoms with E-state index in [1.54, 1.807) is 18.4 Å². The van der Waals surface area contributed by atoms with Gasteiger partial charge in [-0.1, -0.05) is 61.8 Å². The second-order valence-corrected chi connectivity index (χ2v) is 3.57. The summed E-state index contributed by atoms with van der Waals surface area (Å²) < 4.78 is 5.53. The fourth-order valence-corrected chi connectivity index (χ4v) is 1.13. The summed E-state index contributed by atoms with van der Waals surface area (Å²) in [6.45, 7) is 11.4. The third kappa shape index (κ3) is 10.6. The first-order valence-electron chi connectivity index (χ1n) is 6.18. The molecule has 0 amide bonds. The molecular formula is C18H22O. The fraction of sp³-hybridized carbons (Fsp3) is 0.111. The molecule has 0 aliphatic heterocycles. The first-order valence-corrected chi connectivity index (χ1v) is 6.18. The highest BCUT2D eigenvalue weighted by Crippen LogP contribution is 2.07. The van der Waals surface area contributed by atoms with E-state index in [1.165, 1.54) is 0 Å². The Bertz CT molecular complexity index is 440. The molecule has 0 unspecified atom stereocenters. The Kier molecular flexibility index (Phi) is 10.7. The quantitative estimate of drug-likeness (QED) is 0.416. The summed E-state index contributed by atoms with van der Waals surface area (Å²) in [6.07, 6.45) is 22.3. The topological polar surface area (TPSA) is 9.23 Å². The van der Waals surface area contributed by atoms with Crippen LogP contribution in [0, 0.1) is 0 Å². The lowest BCUT2D eigenvalue weighted by molar-refractivity contribution is 0.368. The van der Waals surface area contributed by atoms with Crippen molar-refractivity contribution in [2.24, 2.45) is 0 Å². The minimum absolute atomic E-state index is 0.726. The molecule has 0 spiro atoms. The predicted molar refractivity (Wildman–Crippen MR) is 85.6 cm³/mol. The van der Waals surface area contributed by atoms with Crippen molar-refractivity contribution >= 4 is 0 Å². The van der Waals surface area contributed by atoms with Gasteiger partial charge in [0.1, 0.15) is 5.76 Å². The van der Waals surface area contributed by atoms with Crippen LogP contribution in [0.25, 0.3) is 0 Å². The van der Waals surface area contributed by atoms with E-state index in [0.29, 0.717) is 0 Å². The van der Waals surface area contributed by atoms with Crippen LogP contribution in [0.4, 0.5) is 0 Å². The minimum atomic E-state index is 0.726. The van der Waals surface area contributed by atoms with E-state index >= 15 is 0 Å². The first-order chi connectivity index (χ1) is 9.24. The summed E-state index contributed by atoms with van der Waals surface area (Å²) >= 11 is 0. The van der Waals surface area contributed by atoms with Gasteiger partial charge in [0, 0.05) is 0 Å². The standard InChI is InChI=1S/C18H22O/c1-5-8-10-12-15-19-18(14-11-9-6-2)16-17(4)13-7-3/h5-16H,1,4H2,2-3H3/b9-6-,10-8-,13-7+,14-11-,15-12-,18-16-. The summed E-state index contributed by atoms with van der Waals surface area (Å²) in [5, 5.41) is 0. The molecule has 0 atom stereocenters. The summed E-state index contributed by atoms with van der Waals surface area (Å²) in [5.74, 6) is 0.726. The molecule has 19 heavy (non-hydrogen) atoms. The zero-order valence-electron chi connectivity index (χ0n) is 11.8. The van der Waals surface area contributed by atoms with E-state index in [0.717, 1.165) is 11.3 Å². The molecule has 0 fully saturated rings. The molecule has 1 heteroatoms. The van der Waals surface area contributed by atoms with E-state index in [4.69, 9.17) is 4.74 Å². The Balaban J connectivity index is 4.76. The third-order valence-corrected chi connectivity index (χ3v) is 1.91. The normalized spacial score (nSPS) is 13.5. The predicted octanol–water partition coefficient (Wildman–Crippen LogP) is 5.41. The van der Waals surface area contributed by atoms with Crippen LogP contribution in [0.3, 0.4) is 0 Å². The highest BCUT2D eigenvalue weighted by molar-refractivity contribution is 5.33. The number of hydrogen-bond donors (Lipinski definition) is 0. The third-order valence-electron chi connectivity index (χ3n) is 1.91. The van der Waals surface area contributed by atoms with Crippen molar-refractivity contribution in [1.82, 2.24) is 0 Å². The van der Waals surface area contributed by atoms with Gasteiger partial charge in [0.15, 0.2) is 0 Å². The molecule has 0 saturated heterocycles. The number of hydrogen-bond acceptors (Lipinski definition) is 1. The van der Waals surface area contributed by atoms with Crippen molar-refractivity contribution in [1.29, 1.82) is 0 Å². The molecule has 0 aromatic heterocycles. The van der Waals surface area contributed by atoms with Crippen LogP contribution in [-0.2, 0) is 4.74 Å². The summed E-state index contributed by atoms with van der Waals surface area (Å²) in [5.41, 5.74) is 0.887. The minimum Gasteiger partial charge on any atom is -0.465 e. The van der Waals surface area contributed by atoms with Crippen molar-refractivity contribution in [2.45, 2.75) is 13.8 Å². The molecule has 0 heterocycles. The highest BCUT2D eigenvalue weighted by Gasteiger charge is 1.91. The second-order valence-electron chi connectivity index (χ2n) is 3.57. The van der Waals surface area contributed by atoms with Gasteiger partial charge in [-0.25, -0.2) is 0 Å². The Labute approximate surface area is 117 Å². The molecular weight excluding hydrogens is 232 g/mol. The lowest BCUT2D eigenvalue weighted by Gasteiger charge is -2.00. The van der Waals surface area contributed by atoms with Crippen LogP contribution in [0.15, 0.2) is 97.6 Å². The average Bonchev–Trinajstić information content (AvgIpc) is 2.38. The van der Waals surface area contributed by atoms with Gasteiger partial charge in [0.25, 0.3) is 0 Å². The smallest absolute Gasteiger partial charge is 0.127 e. The molecule has 100 valence electrons. The van der Waals surface area contributed by atoms with E-state index in [2.05, 4.69) is 13.2 Å². The van der Waals surface area contributed by atoms with Crippen molar-refractivity contribution < 1.29 is 4.74 Å². The van der Waals surface area contributed by atoms with Gasteiger partial charge in [-0.15, -0.1) is 0 Å². The molecule has 1 nitrogen and oxygen atoms in total. The van der Waals surface area contributed by atoms with Gasteiger partial charge in [-0.05, 0) is 37.6 Å². The van der Waals surface area contributed by atoms with Crippen LogP contribution in [0.2, 0.25) is 0 Å². The summed E-state index contributed by atoms with van der Waals surface area (Å²) in [4.78, 5) is 0. The Morgan fingerprint density at radius 2 is 1.68 bits per heavy atom. The Morgan fingerprint density at radius 1 is 0.895 bits per heavy atom. The molecule has 0 bridgehead atoms. The Hall–Kier alpha value is -2.28. The largest absolute Gasteiger partial charge is 0.465 e. The molecule has 0 aliphatic rings. The van der Waals surface area contributed by atoms with Crippen LogP contribution in [0.1, 0.15) is 13.8 Å². The maximum atomic E-state index is 5.53. The lowest BCUT2D eigenvalue weighted by atomic mass is 10.2. The van der Waals surface area contributed by atoms with Gasteiger partial charge >= 0.3 is 0 Å². The first kappa shape index (κ1) is 16.7. The molecule has 0 saturated carbocycles. The Morgan fingerprint density at radius 3 is 2.32 bits per heavy atom. The van der Waals surface area contributed by atoms with Crippen LogP contribution in [0.5, 0.6) is 0 Å². The lowest BCUT2D eigenvalue weighted by Crippen LogP contribution is -1.82. The zero-order valence-corrected chi connectivity index (χ0v) is 11.8. The highest BCUT2D eigenvalue weighted by atomic mass is 16.5. The molecule has 0 aliphatic carbocycles. The van der Waals surface area contributed by atoms with Crippen molar-refractivity contribution in [3.8, 4) is 0 Å². The maximum absolute atomic E-state index is 5.53. The molecule has 0 radical (unpaired) electrons. The molecule has 0 rings (SSSR count). The van der Waals surface area contributed by atoms with Gasteiger partial charge in [0.05, 0.1) is 6.26 Å². The monoisotopic (exact) mass is 254 g/mol. The van der Waals surface area contributed by atoms with Crippen molar-refractivity contribution in [3.63, 3.8) is 0 Å². The van der Waals surface area contributed by atoms with Crippen LogP contribution >= 0.6 is 0 Å². The SMILES string of the molecule is C=C/C=C\C=C/OC(/C=C\C=C/C)=C\C(=C)/C=C/C. The van der Waals surface area contributed by atoms with Gasteiger partial charge in [0.2, 0.25) is 0 Å². The zero-order chi connectivity index (χ0) is 14.3. The summed E-state index contributed by atoms with van der Waals surface area (Å²) in [7, 11) is 0. The van der Waals surface area contributed by atoms with Crippen molar-refractivity contribution in [2.75, 3.05) is 0 Å². The van der Waals surface area contributed by atoms with E-state index in [-0.39, 0.29) is 0 Å². The average molecular weight is 254 g/mol. The van der Waals surface area contributed by atoms with E-state index < -0.39 is 0 Å². The van der Waals surface area contributed by atoms with E-state index in [1.807, 2.05) is 68.5 Å². The van der Waals surface area contributed by atoms with Crippen molar-refractivity contribution in [3.05, 3.63) is 97.6 Å². The van der Waals surface area contributed by atoms with Gasteiger partial charge in [-0.3, -0.25) is 0 Å². The van der Waals surface area contributed by atoms with Crippen LogP contribution < -0.4 is 0 Å².